The van der Waals surface area contributed by atoms with Crippen molar-refractivity contribution in [3.05, 3.63) is 27.8 Å². The Balaban J connectivity index is 2.39. The first-order valence-corrected chi connectivity index (χ1v) is 4.66. The van der Waals surface area contributed by atoms with Crippen LogP contribution in [0, 0.1) is 5.82 Å². The molecule has 5 heteroatoms. The largest absolute Gasteiger partial charge is 0.315 e. The zero-order valence-electron chi connectivity index (χ0n) is 6.65. The first-order chi connectivity index (χ1) is 6.18. The van der Waals surface area contributed by atoms with Gasteiger partial charge in [-0.25, -0.2) is 9.37 Å². The zero-order valence-corrected chi connectivity index (χ0v) is 8.16. The lowest BCUT2D eigenvalue weighted by atomic mass is 9.95. The van der Waals surface area contributed by atoms with Gasteiger partial charge in [0, 0.05) is 19.0 Å². The Morgan fingerprint density at radius 3 is 2.62 bits per heavy atom. The fourth-order valence-corrected chi connectivity index (χ4v) is 1.73. The van der Waals surface area contributed by atoms with E-state index in [2.05, 4.69) is 10.3 Å². The molecule has 1 fully saturated rings. The summed E-state index contributed by atoms with van der Waals surface area (Å²) in [5, 5.41) is 3.22. The number of pyridine rings is 1. The van der Waals surface area contributed by atoms with Crippen LogP contribution in [0.5, 0.6) is 0 Å². The van der Waals surface area contributed by atoms with Gasteiger partial charge in [-0.1, -0.05) is 23.2 Å². The minimum atomic E-state index is -0.507. The van der Waals surface area contributed by atoms with Gasteiger partial charge >= 0.3 is 0 Å². The first-order valence-electron chi connectivity index (χ1n) is 3.90. The molecule has 1 aliphatic heterocycles. The summed E-state index contributed by atoms with van der Waals surface area (Å²) in [4.78, 5) is 3.70. The van der Waals surface area contributed by atoms with E-state index in [0.29, 0.717) is 5.15 Å². The molecular formula is C8H7Cl2FN2. The number of rotatable bonds is 1. The van der Waals surface area contributed by atoms with Crippen LogP contribution in [0.15, 0.2) is 6.07 Å². The van der Waals surface area contributed by atoms with Crippen molar-refractivity contribution in [3.63, 3.8) is 0 Å². The van der Waals surface area contributed by atoms with E-state index in [9.17, 15) is 4.39 Å². The van der Waals surface area contributed by atoms with Crippen molar-refractivity contribution in [2.45, 2.75) is 5.92 Å². The molecule has 0 aliphatic carbocycles. The van der Waals surface area contributed by atoms with E-state index in [0.717, 1.165) is 18.7 Å². The van der Waals surface area contributed by atoms with Crippen LogP contribution in [0.25, 0.3) is 0 Å². The monoisotopic (exact) mass is 220 g/mol. The first kappa shape index (κ1) is 9.19. The lowest BCUT2D eigenvalue weighted by Crippen LogP contribution is -2.40. The molecule has 1 aromatic heterocycles. The molecule has 1 N–H and O–H groups in total. The number of nitrogens with zero attached hydrogens (tertiary/aromatic N) is 1. The van der Waals surface area contributed by atoms with Crippen molar-refractivity contribution in [2.75, 3.05) is 13.1 Å². The van der Waals surface area contributed by atoms with E-state index in [1.54, 1.807) is 0 Å². The summed E-state index contributed by atoms with van der Waals surface area (Å²) in [6, 6.07) is 1.36. The van der Waals surface area contributed by atoms with Crippen molar-refractivity contribution in [1.82, 2.24) is 10.3 Å². The van der Waals surface area contributed by atoms with Gasteiger partial charge in [-0.3, -0.25) is 0 Å². The predicted octanol–water partition coefficient (Wildman–Crippen LogP) is 2.21. The van der Waals surface area contributed by atoms with Crippen LogP contribution in [0.4, 0.5) is 4.39 Å². The smallest absolute Gasteiger partial charge is 0.166 e. The SMILES string of the molecule is Fc1cc(C2CNC2)c(Cl)nc1Cl. The van der Waals surface area contributed by atoms with E-state index in [1.807, 2.05) is 0 Å². The number of halogens is 3. The second-order valence-corrected chi connectivity index (χ2v) is 3.71. The zero-order chi connectivity index (χ0) is 9.42. The van der Waals surface area contributed by atoms with Gasteiger partial charge in [-0.05, 0) is 11.6 Å². The summed E-state index contributed by atoms with van der Waals surface area (Å²) in [6.45, 7) is 1.64. The van der Waals surface area contributed by atoms with E-state index in [1.165, 1.54) is 6.07 Å². The Hall–Kier alpha value is -0.380. The highest BCUT2D eigenvalue weighted by molar-refractivity contribution is 6.33. The molecule has 0 saturated carbocycles. The summed E-state index contributed by atoms with van der Waals surface area (Å²) in [5.41, 5.74) is 0.738. The number of nitrogens with one attached hydrogen (secondary N) is 1. The van der Waals surface area contributed by atoms with Gasteiger partial charge in [0.15, 0.2) is 11.0 Å². The molecule has 0 aromatic carbocycles. The van der Waals surface area contributed by atoms with E-state index in [-0.39, 0.29) is 11.1 Å². The molecule has 2 nitrogen and oxygen atoms in total. The molecule has 0 radical (unpaired) electrons. The third kappa shape index (κ3) is 1.64. The van der Waals surface area contributed by atoms with E-state index >= 15 is 0 Å². The summed E-state index contributed by atoms with van der Waals surface area (Å²) < 4.78 is 13.0. The third-order valence-corrected chi connectivity index (χ3v) is 2.70. The highest BCUT2D eigenvalue weighted by atomic mass is 35.5. The topological polar surface area (TPSA) is 24.9 Å². The van der Waals surface area contributed by atoms with Gasteiger partial charge < -0.3 is 5.32 Å². The molecule has 13 heavy (non-hydrogen) atoms. The highest BCUT2D eigenvalue weighted by Gasteiger charge is 2.23. The molecule has 2 rings (SSSR count). The van der Waals surface area contributed by atoms with Crippen LogP contribution in [-0.2, 0) is 0 Å². The van der Waals surface area contributed by atoms with Crippen LogP contribution < -0.4 is 5.32 Å². The van der Waals surface area contributed by atoms with Gasteiger partial charge in [0.2, 0.25) is 0 Å². The molecule has 1 saturated heterocycles. The van der Waals surface area contributed by atoms with Crippen LogP contribution >= 0.6 is 23.2 Å². The molecule has 0 bridgehead atoms. The maximum atomic E-state index is 13.0. The standard InChI is InChI=1S/C8H7Cl2FN2/c9-7-5(4-2-12-3-4)1-6(11)8(10)13-7/h1,4,12H,2-3H2. The maximum Gasteiger partial charge on any atom is 0.166 e. The molecule has 1 aromatic rings. The maximum absolute atomic E-state index is 13.0. The van der Waals surface area contributed by atoms with Crippen molar-refractivity contribution >= 4 is 23.2 Å². The summed E-state index contributed by atoms with van der Waals surface area (Å²) in [7, 11) is 0. The van der Waals surface area contributed by atoms with Gasteiger partial charge in [0.05, 0.1) is 0 Å². The van der Waals surface area contributed by atoms with Crippen molar-refractivity contribution < 1.29 is 4.39 Å². The summed E-state index contributed by atoms with van der Waals surface area (Å²) in [5.74, 6) is -0.236. The molecule has 0 spiro atoms. The van der Waals surface area contributed by atoms with Gasteiger partial charge in [0.25, 0.3) is 0 Å². The van der Waals surface area contributed by atoms with Crippen LogP contribution in [0.1, 0.15) is 11.5 Å². The minimum absolute atomic E-state index is 0.166. The Kier molecular flexibility index (Phi) is 2.41. The van der Waals surface area contributed by atoms with Gasteiger partial charge in [-0.15, -0.1) is 0 Å². The van der Waals surface area contributed by atoms with Crippen molar-refractivity contribution in [2.24, 2.45) is 0 Å². The fourth-order valence-electron chi connectivity index (χ4n) is 1.25. The van der Waals surface area contributed by atoms with Crippen molar-refractivity contribution in [3.8, 4) is 0 Å². The number of hydrogen-bond donors (Lipinski definition) is 1. The van der Waals surface area contributed by atoms with Crippen LogP contribution in [0.3, 0.4) is 0 Å². The lowest BCUT2D eigenvalue weighted by Gasteiger charge is -2.27. The molecule has 70 valence electrons. The molecule has 0 unspecified atom stereocenters. The Labute approximate surface area is 85.1 Å². The normalized spacial score (nSPS) is 17.2. The van der Waals surface area contributed by atoms with Crippen LogP contribution in [0.2, 0.25) is 10.3 Å². The Morgan fingerprint density at radius 1 is 1.38 bits per heavy atom. The summed E-state index contributed by atoms with van der Waals surface area (Å²) in [6.07, 6.45) is 0. The number of hydrogen-bond acceptors (Lipinski definition) is 2. The predicted molar refractivity (Wildman–Crippen MR) is 49.8 cm³/mol. The average Bonchev–Trinajstić information content (AvgIpc) is 1.96. The van der Waals surface area contributed by atoms with Crippen molar-refractivity contribution in [1.29, 1.82) is 0 Å². The second kappa shape index (κ2) is 3.40. The lowest BCUT2D eigenvalue weighted by molar-refractivity contribution is 0.445. The highest BCUT2D eigenvalue weighted by Crippen LogP contribution is 2.28. The summed E-state index contributed by atoms with van der Waals surface area (Å²) >= 11 is 11.3. The molecule has 0 amide bonds. The number of aromatic nitrogens is 1. The van der Waals surface area contributed by atoms with E-state index in [4.69, 9.17) is 23.2 Å². The molecule has 0 atom stereocenters. The Bertz CT molecular complexity index is 339. The van der Waals surface area contributed by atoms with E-state index < -0.39 is 5.82 Å². The third-order valence-electron chi connectivity index (χ3n) is 2.14. The second-order valence-electron chi connectivity index (χ2n) is 3.00. The van der Waals surface area contributed by atoms with Crippen LogP contribution in [-0.4, -0.2) is 18.1 Å². The average molecular weight is 221 g/mol. The van der Waals surface area contributed by atoms with Gasteiger partial charge in [0.1, 0.15) is 5.15 Å². The minimum Gasteiger partial charge on any atom is -0.315 e. The fraction of sp³-hybridized carbons (Fsp3) is 0.375. The molecular weight excluding hydrogens is 214 g/mol. The molecule has 2 heterocycles. The quantitative estimate of drug-likeness (QED) is 0.735. The Morgan fingerprint density at radius 2 is 2.08 bits per heavy atom. The van der Waals surface area contributed by atoms with Gasteiger partial charge in [-0.2, -0.15) is 0 Å². The molecule has 1 aliphatic rings.